The van der Waals surface area contributed by atoms with Gasteiger partial charge in [0.2, 0.25) is 0 Å². The Balaban J connectivity index is 1.88. The fourth-order valence-electron chi connectivity index (χ4n) is 3.67. The van der Waals surface area contributed by atoms with Crippen LogP contribution in [0.3, 0.4) is 0 Å². The van der Waals surface area contributed by atoms with Gasteiger partial charge < -0.3 is 9.47 Å². The van der Waals surface area contributed by atoms with Crippen molar-refractivity contribution in [1.82, 2.24) is 0 Å². The fraction of sp³-hybridized carbons (Fsp3) is 0.481. The first kappa shape index (κ1) is 26.9. The van der Waals surface area contributed by atoms with Crippen molar-refractivity contribution in [3.63, 3.8) is 0 Å². The quantitative estimate of drug-likeness (QED) is 0.142. The zero-order valence-electron chi connectivity index (χ0n) is 19.6. The average Bonchev–Trinajstić information content (AvgIpc) is 2.80. The van der Waals surface area contributed by atoms with Crippen molar-refractivity contribution in [2.75, 3.05) is 19.0 Å². The maximum absolute atomic E-state index is 10.9. The average molecular weight is 475 g/mol. The molecule has 0 unspecified atom stereocenters. The molecule has 2 aromatic rings. The van der Waals surface area contributed by atoms with E-state index in [-0.39, 0.29) is 5.75 Å². The first-order chi connectivity index (χ1) is 16.0. The molecule has 0 aromatic heterocycles. The molecule has 0 aliphatic carbocycles. The molecule has 0 aliphatic heterocycles. The van der Waals surface area contributed by atoms with Crippen LogP contribution in [0.5, 0.6) is 11.5 Å². The molecule has 0 bridgehead atoms. The summed E-state index contributed by atoms with van der Waals surface area (Å²) in [4.78, 5) is 0. The molecular weight excluding hydrogens is 436 g/mol. The predicted octanol–water partition coefficient (Wildman–Crippen LogP) is 7.09. The van der Waals surface area contributed by atoms with Crippen LogP contribution in [0.4, 0.5) is 0 Å². The molecule has 0 saturated heterocycles. The lowest BCUT2D eigenvalue weighted by Gasteiger charge is -2.17. The summed E-state index contributed by atoms with van der Waals surface area (Å²) >= 11 is 0. The van der Waals surface area contributed by atoms with Crippen LogP contribution >= 0.6 is 0 Å². The molecule has 6 heteroatoms. The Labute approximate surface area is 199 Å². The third-order valence-corrected chi connectivity index (χ3v) is 6.22. The molecule has 33 heavy (non-hydrogen) atoms. The van der Waals surface area contributed by atoms with Gasteiger partial charge in [0.05, 0.1) is 24.5 Å². The second kappa shape index (κ2) is 15.5. The number of ether oxygens (including phenoxy) is 2. The van der Waals surface area contributed by atoms with Crippen LogP contribution in [-0.4, -0.2) is 31.9 Å². The first-order valence-corrected chi connectivity index (χ1v) is 13.6. The third kappa shape index (κ3) is 11.4. The minimum atomic E-state index is -3.93. The minimum Gasteiger partial charge on any atom is -0.493 e. The second-order valence-electron chi connectivity index (χ2n) is 8.24. The summed E-state index contributed by atoms with van der Waals surface area (Å²) < 4.78 is 42.8. The summed E-state index contributed by atoms with van der Waals surface area (Å²) in [6.45, 7) is 4.79. The van der Waals surface area contributed by atoms with Crippen LogP contribution in [-0.2, 0) is 10.1 Å². The summed E-state index contributed by atoms with van der Waals surface area (Å²) in [5.41, 5.74) is 1.93. The lowest BCUT2D eigenvalue weighted by Crippen LogP contribution is -2.07. The Bertz CT molecular complexity index is 909. The largest absolute Gasteiger partial charge is 0.493 e. The molecule has 0 heterocycles. The van der Waals surface area contributed by atoms with Crippen LogP contribution in [0, 0.1) is 0 Å². The summed E-state index contributed by atoms with van der Waals surface area (Å²) in [5.74, 6) is 1.26. The molecule has 0 atom stereocenters. The highest BCUT2D eigenvalue weighted by molar-refractivity contribution is 7.85. The number of hydrogen-bond donors (Lipinski definition) is 1. The molecule has 0 amide bonds. The molecule has 2 aromatic carbocycles. The van der Waals surface area contributed by atoms with Gasteiger partial charge in [-0.05, 0) is 49.8 Å². The second-order valence-corrected chi connectivity index (χ2v) is 9.81. The first-order valence-electron chi connectivity index (χ1n) is 12.0. The van der Waals surface area contributed by atoms with Gasteiger partial charge >= 0.3 is 0 Å². The highest BCUT2D eigenvalue weighted by Gasteiger charge is 2.13. The van der Waals surface area contributed by atoms with Crippen molar-refractivity contribution in [2.24, 2.45) is 0 Å². The van der Waals surface area contributed by atoms with Crippen LogP contribution in [0.2, 0.25) is 0 Å². The van der Waals surface area contributed by atoms with E-state index in [1.165, 1.54) is 32.1 Å². The van der Waals surface area contributed by atoms with E-state index in [9.17, 15) is 8.42 Å². The van der Waals surface area contributed by atoms with Crippen LogP contribution in [0.15, 0.2) is 61.2 Å². The minimum absolute atomic E-state index is 0.250. The molecule has 0 spiro atoms. The van der Waals surface area contributed by atoms with Crippen LogP contribution in [0.1, 0.15) is 64.2 Å². The van der Waals surface area contributed by atoms with Gasteiger partial charge in [0.25, 0.3) is 10.1 Å². The van der Waals surface area contributed by atoms with E-state index in [0.29, 0.717) is 31.8 Å². The summed E-state index contributed by atoms with van der Waals surface area (Å²) in [7, 11) is -3.93. The van der Waals surface area contributed by atoms with E-state index >= 15 is 0 Å². The van der Waals surface area contributed by atoms with E-state index in [2.05, 4.69) is 6.58 Å². The molecule has 5 nitrogen and oxygen atoms in total. The van der Waals surface area contributed by atoms with Gasteiger partial charge in [0, 0.05) is 0 Å². The third-order valence-electron chi connectivity index (χ3n) is 5.41. The Morgan fingerprint density at radius 3 is 1.85 bits per heavy atom. The Morgan fingerprint density at radius 1 is 0.727 bits per heavy atom. The number of rotatable bonds is 18. The van der Waals surface area contributed by atoms with Gasteiger partial charge in [0.15, 0.2) is 0 Å². The normalized spacial score (nSPS) is 11.3. The molecule has 0 aliphatic rings. The van der Waals surface area contributed by atoms with E-state index in [1.54, 1.807) is 0 Å². The van der Waals surface area contributed by atoms with E-state index < -0.39 is 10.1 Å². The van der Waals surface area contributed by atoms with Gasteiger partial charge in [-0.1, -0.05) is 74.6 Å². The highest BCUT2D eigenvalue weighted by Crippen LogP contribution is 2.38. The Morgan fingerprint density at radius 2 is 1.27 bits per heavy atom. The molecule has 182 valence electrons. The summed E-state index contributed by atoms with van der Waals surface area (Å²) in [6.07, 6.45) is 12.5. The standard InChI is InChI=1S/C27H38O5S/c1-2-3-4-5-6-7-8-9-13-21-31-25-19-16-20-26(27(25)24-17-11-10-12-18-24)32-22-14-15-23-33(28,29)30/h2,10-12,16-20H,1,3-9,13-15,21-23H2,(H,28,29,30). The van der Waals surface area contributed by atoms with Gasteiger partial charge in [-0.15, -0.1) is 6.58 Å². The molecule has 2 rings (SSSR count). The maximum Gasteiger partial charge on any atom is 0.264 e. The predicted molar refractivity (Wildman–Crippen MR) is 136 cm³/mol. The SMILES string of the molecule is C=CCCCCCCCCCOc1cccc(OCCCCS(=O)(=O)O)c1-c1ccccc1. The van der Waals surface area contributed by atoms with Gasteiger partial charge in [-0.25, -0.2) is 0 Å². The van der Waals surface area contributed by atoms with Crippen molar-refractivity contribution < 1.29 is 22.4 Å². The summed E-state index contributed by atoms with van der Waals surface area (Å²) in [6, 6.07) is 15.8. The Hall–Kier alpha value is -2.31. The van der Waals surface area contributed by atoms with Crippen molar-refractivity contribution in [3.8, 4) is 22.6 Å². The smallest absolute Gasteiger partial charge is 0.264 e. The number of allylic oxidation sites excluding steroid dienone is 1. The maximum atomic E-state index is 10.9. The lowest BCUT2D eigenvalue weighted by atomic mass is 10.0. The van der Waals surface area contributed by atoms with Gasteiger partial charge in [-0.3, -0.25) is 4.55 Å². The summed E-state index contributed by atoms with van der Waals surface area (Å²) in [5, 5.41) is 0. The van der Waals surface area contributed by atoms with E-state index in [1.807, 2.05) is 54.6 Å². The molecular formula is C27H38O5S. The van der Waals surface area contributed by atoms with E-state index in [4.69, 9.17) is 14.0 Å². The highest BCUT2D eigenvalue weighted by atomic mass is 32.2. The van der Waals surface area contributed by atoms with Crippen molar-refractivity contribution in [3.05, 3.63) is 61.2 Å². The molecule has 0 saturated carbocycles. The van der Waals surface area contributed by atoms with E-state index in [0.717, 1.165) is 36.1 Å². The monoisotopic (exact) mass is 474 g/mol. The van der Waals surface area contributed by atoms with Crippen molar-refractivity contribution >= 4 is 10.1 Å². The van der Waals surface area contributed by atoms with Crippen molar-refractivity contribution in [1.29, 1.82) is 0 Å². The number of benzene rings is 2. The number of unbranched alkanes of at least 4 members (excludes halogenated alkanes) is 8. The zero-order chi connectivity index (χ0) is 23.8. The Kier molecular flexibility index (Phi) is 12.7. The van der Waals surface area contributed by atoms with Crippen LogP contribution in [0.25, 0.3) is 11.1 Å². The van der Waals surface area contributed by atoms with Gasteiger partial charge in [0.1, 0.15) is 11.5 Å². The van der Waals surface area contributed by atoms with Crippen molar-refractivity contribution in [2.45, 2.75) is 64.2 Å². The van der Waals surface area contributed by atoms with Crippen LogP contribution < -0.4 is 9.47 Å². The molecule has 0 radical (unpaired) electrons. The topological polar surface area (TPSA) is 72.8 Å². The fourth-order valence-corrected chi connectivity index (χ4v) is 4.24. The zero-order valence-corrected chi connectivity index (χ0v) is 20.4. The lowest BCUT2D eigenvalue weighted by molar-refractivity contribution is 0.294. The molecule has 0 fully saturated rings. The van der Waals surface area contributed by atoms with Gasteiger partial charge in [-0.2, -0.15) is 8.42 Å². The molecule has 1 N–H and O–H groups in total. The number of hydrogen-bond acceptors (Lipinski definition) is 4.